The molecule has 0 radical (unpaired) electrons. The standard InChI is InChI=1S/C13H11NO/c1-10(15)7-8-11-4-2-6-13-12(11)5-3-9-14-13/h2-6,9-10,15H,1H3/t10-/m1/s1. The predicted octanol–water partition coefficient (Wildman–Crippen LogP) is 1.97. The minimum absolute atomic E-state index is 0.600. The Kier molecular flexibility index (Phi) is 2.66. The first-order valence-corrected chi connectivity index (χ1v) is 4.81. The van der Waals surface area contributed by atoms with Gasteiger partial charge in [0.05, 0.1) is 5.52 Å². The van der Waals surface area contributed by atoms with Gasteiger partial charge in [0.2, 0.25) is 0 Å². The van der Waals surface area contributed by atoms with Gasteiger partial charge in [0.15, 0.2) is 0 Å². The van der Waals surface area contributed by atoms with Crippen molar-refractivity contribution in [3.8, 4) is 11.8 Å². The summed E-state index contributed by atoms with van der Waals surface area (Å²) in [5, 5.41) is 10.1. The van der Waals surface area contributed by atoms with E-state index in [1.807, 2.05) is 30.3 Å². The van der Waals surface area contributed by atoms with Gasteiger partial charge in [0.25, 0.3) is 0 Å². The van der Waals surface area contributed by atoms with Gasteiger partial charge in [-0.05, 0) is 25.1 Å². The Morgan fingerprint density at radius 2 is 2.13 bits per heavy atom. The number of hydrogen-bond acceptors (Lipinski definition) is 2. The average Bonchev–Trinajstić information content (AvgIpc) is 2.26. The van der Waals surface area contributed by atoms with E-state index in [4.69, 9.17) is 5.11 Å². The SMILES string of the molecule is C[C@@H](O)C#Cc1cccc2ncccc12. The fourth-order valence-electron chi connectivity index (χ4n) is 1.39. The second kappa shape index (κ2) is 4.12. The van der Waals surface area contributed by atoms with Gasteiger partial charge in [0.1, 0.15) is 6.10 Å². The summed E-state index contributed by atoms with van der Waals surface area (Å²) in [5.41, 5.74) is 1.83. The number of pyridine rings is 1. The molecular weight excluding hydrogens is 186 g/mol. The third-order valence-corrected chi connectivity index (χ3v) is 2.06. The van der Waals surface area contributed by atoms with Crippen LogP contribution in [0.4, 0.5) is 0 Å². The number of rotatable bonds is 0. The molecule has 1 aromatic carbocycles. The van der Waals surface area contributed by atoms with Crippen molar-refractivity contribution in [2.24, 2.45) is 0 Å². The summed E-state index contributed by atoms with van der Waals surface area (Å²) in [4.78, 5) is 4.24. The quantitative estimate of drug-likeness (QED) is 0.655. The van der Waals surface area contributed by atoms with Crippen molar-refractivity contribution < 1.29 is 5.11 Å². The molecule has 2 nitrogen and oxygen atoms in total. The third-order valence-electron chi connectivity index (χ3n) is 2.06. The number of fused-ring (bicyclic) bond motifs is 1. The summed E-state index contributed by atoms with van der Waals surface area (Å²) in [6.45, 7) is 1.65. The van der Waals surface area contributed by atoms with Gasteiger partial charge in [-0.1, -0.05) is 24.0 Å². The highest BCUT2D eigenvalue weighted by atomic mass is 16.3. The van der Waals surface area contributed by atoms with Crippen LogP contribution in [0.5, 0.6) is 0 Å². The number of aliphatic hydroxyl groups excluding tert-OH is 1. The Labute approximate surface area is 88.6 Å². The largest absolute Gasteiger partial charge is 0.381 e. The number of aromatic nitrogens is 1. The molecule has 0 aliphatic heterocycles. The van der Waals surface area contributed by atoms with Crippen LogP contribution in [-0.2, 0) is 0 Å². The van der Waals surface area contributed by atoms with E-state index in [1.54, 1.807) is 13.1 Å². The van der Waals surface area contributed by atoms with Crippen molar-refractivity contribution in [3.05, 3.63) is 42.1 Å². The lowest BCUT2D eigenvalue weighted by Gasteiger charge is -1.98. The first kappa shape index (κ1) is 9.70. The summed E-state index contributed by atoms with van der Waals surface area (Å²) < 4.78 is 0. The molecule has 0 aliphatic rings. The molecule has 1 heterocycles. The molecule has 0 spiro atoms. The summed E-state index contributed by atoms with van der Waals surface area (Å²) in [6.07, 6.45) is 1.16. The second-order valence-corrected chi connectivity index (χ2v) is 3.32. The van der Waals surface area contributed by atoms with Gasteiger partial charge in [-0.3, -0.25) is 4.98 Å². The van der Waals surface area contributed by atoms with Gasteiger partial charge < -0.3 is 5.11 Å². The molecule has 2 aromatic rings. The highest BCUT2D eigenvalue weighted by Crippen LogP contribution is 2.14. The highest BCUT2D eigenvalue weighted by molar-refractivity contribution is 5.84. The van der Waals surface area contributed by atoms with E-state index in [9.17, 15) is 0 Å². The maximum absolute atomic E-state index is 9.10. The molecule has 2 heteroatoms. The van der Waals surface area contributed by atoms with Crippen LogP contribution in [0.15, 0.2) is 36.5 Å². The topological polar surface area (TPSA) is 33.1 Å². The summed E-state index contributed by atoms with van der Waals surface area (Å²) in [6, 6.07) is 9.66. The molecule has 0 amide bonds. The van der Waals surface area contributed by atoms with Gasteiger partial charge >= 0.3 is 0 Å². The van der Waals surface area contributed by atoms with Crippen LogP contribution in [0.3, 0.4) is 0 Å². The first-order chi connectivity index (χ1) is 7.27. The molecule has 15 heavy (non-hydrogen) atoms. The van der Waals surface area contributed by atoms with Crippen LogP contribution >= 0.6 is 0 Å². The van der Waals surface area contributed by atoms with Crippen molar-refractivity contribution in [2.75, 3.05) is 0 Å². The van der Waals surface area contributed by atoms with Crippen molar-refractivity contribution in [2.45, 2.75) is 13.0 Å². The van der Waals surface area contributed by atoms with Crippen molar-refractivity contribution >= 4 is 10.9 Å². The molecule has 2 rings (SSSR count). The normalized spacial score (nSPS) is 11.9. The minimum Gasteiger partial charge on any atom is -0.381 e. The van der Waals surface area contributed by atoms with E-state index in [0.717, 1.165) is 16.5 Å². The van der Waals surface area contributed by atoms with Crippen LogP contribution in [-0.4, -0.2) is 16.2 Å². The lowest BCUT2D eigenvalue weighted by Crippen LogP contribution is -1.93. The molecule has 74 valence electrons. The zero-order valence-corrected chi connectivity index (χ0v) is 8.44. The van der Waals surface area contributed by atoms with Gasteiger partial charge in [-0.2, -0.15) is 0 Å². The van der Waals surface area contributed by atoms with Crippen molar-refractivity contribution in [1.29, 1.82) is 0 Å². The van der Waals surface area contributed by atoms with Gasteiger partial charge in [-0.15, -0.1) is 0 Å². The number of benzene rings is 1. The molecule has 0 aliphatic carbocycles. The summed E-state index contributed by atoms with van der Waals surface area (Å²) in [5.74, 6) is 5.68. The van der Waals surface area contributed by atoms with E-state index in [-0.39, 0.29) is 0 Å². The number of nitrogens with zero attached hydrogens (tertiary/aromatic N) is 1. The van der Waals surface area contributed by atoms with E-state index < -0.39 is 6.10 Å². The Balaban J connectivity index is 2.58. The molecule has 1 N–H and O–H groups in total. The fraction of sp³-hybridized carbons (Fsp3) is 0.154. The van der Waals surface area contributed by atoms with Crippen LogP contribution in [0, 0.1) is 11.8 Å². The molecule has 0 saturated carbocycles. The number of hydrogen-bond donors (Lipinski definition) is 1. The average molecular weight is 197 g/mol. The van der Waals surface area contributed by atoms with E-state index in [1.165, 1.54) is 0 Å². The molecule has 0 saturated heterocycles. The Bertz CT molecular complexity index is 529. The third kappa shape index (κ3) is 2.15. The van der Waals surface area contributed by atoms with E-state index in [0.29, 0.717) is 0 Å². The molecule has 0 fully saturated rings. The lowest BCUT2D eigenvalue weighted by atomic mass is 10.1. The monoisotopic (exact) mass is 197 g/mol. The minimum atomic E-state index is -0.600. The van der Waals surface area contributed by atoms with Crippen LogP contribution in [0.2, 0.25) is 0 Å². The van der Waals surface area contributed by atoms with Crippen molar-refractivity contribution in [1.82, 2.24) is 4.98 Å². The Hall–Kier alpha value is -1.85. The molecule has 1 aromatic heterocycles. The number of aliphatic hydroxyl groups is 1. The predicted molar refractivity (Wildman–Crippen MR) is 60.3 cm³/mol. The molecule has 0 unspecified atom stereocenters. The molecule has 1 atom stereocenters. The van der Waals surface area contributed by atoms with Crippen LogP contribution < -0.4 is 0 Å². The van der Waals surface area contributed by atoms with Gasteiger partial charge in [-0.25, -0.2) is 0 Å². The first-order valence-electron chi connectivity index (χ1n) is 4.81. The van der Waals surface area contributed by atoms with Gasteiger partial charge in [0, 0.05) is 17.1 Å². The summed E-state index contributed by atoms with van der Waals surface area (Å²) in [7, 11) is 0. The van der Waals surface area contributed by atoms with E-state index >= 15 is 0 Å². The molecular formula is C13H11NO. The van der Waals surface area contributed by atoms with Crippen LogP contribution in [0.25, 0.3) is 10.9 Å². The van der Waals surface area contributed by atoms with Crippen LogP contribution in [0.1, 0.15) is 12.5 Å². The molecule has 0 bridgehead atoms. The smallest absolute Gasteiger partial charge is 0.112 e. The summed E-state index contributed by atoms with van der Waals surface area (Å²) >= 11 is 0. The van der Waals surface area contributed by atoms with E-state index in [2.05, 4.69) is 16.8 Å². The van der Waals surface area contributed by atoms with Crippen molar-refractivity contribution in [3.63, 3.8) is 0 Å². The lowest BCUT2D eigenvalue weighted by molar-refractivity contribution is 0.253. The Morgan fingerprint density at radius 1 is 1.27 bits per heavy atom. The zero-order chi connectivity index (χ0) is 10.7. The Morgan fingerprint density at radius 3 is 2.93 bits per heavy atom. The maximum Gasteiger partial charge on any atom is 0.112 e. The second-order valence-electron chi connectivity index (χ2n) is 3.32. The fourth-order valence-corrected chi connectivity index (χ4v) is 1.39. The zero-order valence-electron chi connectivity index (χ0n) is 8.44. The highest BCUT2D eigenvalue weighted by Gasteiger charge is 1.97. The maximum atomic E-state index is 9.10.